The van der Waals surface area contributed by atoms with Crippen molar-refractivity contribution in [2.75, 3.05) is 23.5 Å². The zero-order valence-electron chi connectivity index (χ0n) is 15.1. The van der Waals surface area contributed by atoms with Gasteiger partial charge in [0.15, 0.2) is 11.5 Å². The Morgan fingerprint density at radius 2 is 1.93 bits per heavy atom. The molecule has 3 aromatic rings. The van der Waals surface area contributed by atoms with Gasteiger partial charge < -0.3 is 14.4 Å². The van der Waals surface area contributed by atoms with Crippen molar-refractivity contribution in [3.63, 3.8) is 0 Å². The van der Waals surface area contributed by atoms with Crippen LogP contribution in [0.5, 0.6) is 11.5 Å². The van der Waals surface area contributed by atoms with Crippen LogP contribution in [-0.4, -0.2) is 32.2 Å². The van der Waals surface area contributed by atoms with E-state index in [-0.39, 0.29) is 17.5 Å². The number of hydrogen-bond donors (Lipinski definition) is 1. The van der Waals surface area contributed by atoms with Crippen molar-refractivity contribution in [2.24, 2.45) is 0 Å². The molecule has 1 aliphatic rings. The number of aromatic nitrogens is 2. The molecule has 0 bridgehead atoms. The molecule has 0 fully saturated rings. The van der Waals surface area contributed by atoms with Crippen LogP contribution in [0.3, 0.4) is 0 Å². The molecule has 1 aliphatic heterocycles. The van der Waals surface area contributed by atoms with E-state index in [0.29, 0.717) is 12.4 Å². The van der Waals surface area contributed by atoms with E-state index in [2.05, 4.69) is 14.7 Å². The minimum Gasteiger partial charge on any atom is -0.454 e. The Kier molecular flexibility index (Phi) is 4.74. The summed E-state index contributed by atoms with van der Waals surface area (Å²) < 4.78 is 38.0. The van der Waals surface area contributed by atoms with Crippen LogP contribution >= 0.6 is 0 Å². The van der Waals surface area contributed by atoms with Crippen molar-refractivity contribution in [3.8, 4) is 11.5 Å². The topological polar surface area (TPSA) is 93.7 Å². The first-order valence-electron chi connectivity index (χ1n) is 8.51. The second-order valence-electron chi connectivity index (χ2n) is 6.22. The van der Waals surface area contributed by atoms with Crippen LogP contribution in [0, 0.1) is 0 Å². The molecule has 0 spiro atoms. The summed E-state index contributed by atoms with van der Waals surface area (Å²) in [6.07, 6.45) is 2.85. The summed E-state index contributed by atoms with van der Waals surface area (Å²) in [4.78, 5) is 10.2. The molecule has 28 heavy (non-hydrogen) atoms. The van der Waals surface area contributed by atoms with E-state index in [0.717, 1.165) is 17.1 Å². The molecule has 0 unspecified atom stereocenters. The molecule has 1 N–H and O–H groups in total. The summed E-state index contributed by atoms with van der Waals surface area (Å²) in [5.41, 5.74) is 1.03. The van der Waals surface area contributed by atoms with Crippen molar-refractivity contribution in [2.45, 2.75) is 11.4 Å². The first kappa shape index (κ1) is 18.1. The highest BCUT2D eigenvalue weighted by Crippen LogP contribution is 2.33. The number of anilines is 2. The second kappa shape index (κ2) is 7.35. The summed E-state index contributed by atoms with van der Waals surface area (Å²) in [6.45, 7) is 0.820. The first-order valence-corrected chi connectivity index (χ1v) is 9.99. The van der Waals surface area contributed by atoms with Crippen LogP contribution in [0.1, 0.15) is 5.56 Å². The molecular weight excluding hydrogens is 380 g/mol. The number of benzene rings is 1. The predicted molar refractivity (Wildman–Crippen MR) is 104 cm³/mol. The number of pyridine rings is 2. The Morgan fingerprint density at radius 3 is 2.68 bits per heavy atom. The van der Waals surface area contributed by atoms with E-state index in [1.165, 1.54) is 18.5 Å². The van der Waals surface area contributed by atoms with Crippen LogP contribution in [0.2, 0.25) is 0 Å². The number of fused-ring (bicyclic) bond motifs is 1. The van der Waals surface area contributed by atoms with E-state index in [9.17, 15) is 8.42 Å². The van der Waals surface area contributed by atoms with Crippen LogP contribution in [-0.2, 0) is 16.6 Å². The number of ether oxygens (including phenoxy) is 2. The molecule has 0 amide bonds. The maximum Gasteiger partial charge on any atom is 0.264 e. The number of rotatable bonds is 6. The van der Waals surface area contributed by atoms with Crippen LogP contribution in [0.4, 0.5) is 11.6 Å². The smallest absolute Gasteiger partial charge is 0.264 e. The fourth-order valence-electron chi connectivity index (χ4n) is 2.77. The quantitative estimate of drug-likeness (QED) is 0.682. The van der Waals surface area contributed by atoms with Gasteiger partial charge in [-0.15, -0.1) is 0 Å². The van der Waals surface area contributed by atoms with Gasteiger partial charge in [-0.2, -0.15) is 0 Å². The van der Waals surface area contributed by atoms with Gasteiger partial charge in [-0.1, -0.05) is 12.1 Å². The fourth-order valence-corrected chi connectivity index (χ4v) is 3.72. The summed E-state index contributed by atoms with van der Waals surface area (Å²) in [5, 5.41) is 0. The molecule has 0 radical (unpaired) electrons. The maximum absolute atomic E-state index is 12.5. The van der Waals surface area contributed by atoms with Crippen LogP contribution < -0.4 is 19.1 Å². The van der Waals surface area contributed by atoms with Crippen molar-refractivity contribution in [1.82, 2.24) is 9.97 Å². The third-order valence-corrected chi connectivity index (χ3v) is 5.52. The fraction of sp³-hybridized carbons (Fsp3) is 0.158. The Morgan fingerprint density at radius 1 is 1.07 bits per heavy atom. The molecule has 9 heteroatoms. The van der Waals surface area contributed by atoms with E-state index >= 15 is 0 Å². The molecule has 0 aliphatic carbocycles. The van der Waals surface area contributed by atoms with Crippen LogP contribution in [0.15, 0.2) is 65.8 Å². The number of nitrogens with zero attached hydrogens (tertiary/aromatic N) is 3. The third kappa shape index (κ3) is 3.84. The molecule has 8 nitrogen and oxygen atoms in total. The molecule has 144 valence electrons. The molecule has 3 heterocycles. The van der Waals surface area contributed by atoms with Gasteiger partial charge in [0.05, 0.1) is 0 Å². The monoisotopic (exact) mass is 398 g/mol. The molecule has 1 aromatic carbocycles. The lowest BCUT2D eigenvalue weighted by Gasteiger charge is -2.18. The van der Waals surface area contributed by atoms with Crippen molar-refractivity contribution < 1.29 is 17.9 Å². The largest absolute Gasteiger partial charge is 0.454 e. The van der Waals surface area contributed by atoms with E-state index in [1.54, 1.807) is 24.3 Å². The summed E-state index contributed by atoms with van der Waals surface area (Å²) >= 11 is 0. The Balaban J connectivity index is 1.46. The van der Waals surface area contributed by atoms with Gasteiger partial charge >= 0.3 is 0 Å². The molecule has 0 saturated carbocycles. The molecule has 4 rings (SSSR count). The highest BCUT2D eigenvalue weighted by atomic mass is 32.2. The summed E-state index contributed by atoms with van der Waals surface area (Å²) in [5.74, 6) is 2.36. The molecular formula is C19H18N4O4S. The lowest BCUT2D eigenvalue weighted by molar-refractivity contribution is 0.174. The average molecular weight is 398 g/mol. The van der Waals surface area contributed by atoms with E-state index in [1.807, 2.05) is 30.1 Å². The maximum atomic E-state index is 12.5. The minimum absolute atomic E-state index is 0.0679. The average Bonchev–Trinajstić information content (AvgIpc) is 3.16. The Hall–Kier alpha value is -3.33. The normalized spacial score (nSPS) is 12.6. The van der Waals surface area contributed by atoms with Crippen molar-refractivity contribution in [1.29, 1.82) is 0 Å². The van der Waals surface area contributed by atoms with Crippen LogP contribution in [0.25, 0.3) is 0 Å². The standard InChI is InChI=1S/C19H18N4O4S/c1-23(12-14-5-7-16-17(10-14)27-13-26-16)19-8-6-15(11-21-19)28(24,25)22-18-4-2-3-9-20-18/h2-11H,12-13H2,1H3,(H,20,22). The number of nitrogens with one attached hydrogen (secondary N) is 1. The SMILES string of the molecule is CN(Cc1ccc2c(c1)OCO2)c1ccc(S(=O)(=O)Nc2ccccn2)cn1. The lowest BCUT2D eigenvalue weighted by Crippen LogP contribution is -2.18. The Bertz CT molecular complexity index is 1070. The summed E-state index contributed by atoms with van der Waals surface area (Å²) in [7, 11) is -1.86. The minimum atomic E-state index is -3.75. The Labute approximate surface area is 162 Å². The van der Waals surface area contributed by atoms with Gasteiger partial charge in [0.2, 0.25) is 6.79 Å². The first-order chi connectivity index (χ1) is 13.5. The van der Waals surface area contributed by atoms with E-state index < -0.39 is 10.0 Å². The third-order valence-electron chi connectivity index (χ3n) is 4.18. The second-order valence-corrected chi connectivity index (χ2v) is 7.90. The van der Waals surface area contributed by atoms with Gasteiger partial charge in [-0.25, -0.2) is 18.4 Å². The van der Waals surface area contributed by atoms with E-state index in [4.69, 9.17) is 9.47 Å². The number of sulfonamides is 1. The number of hydrogen-bond acceptors (Lipinski definition) is 7. The summed E-state index contributed by atoms with van der Waals surface area (Å²) in [6, 6.07) is 13.9. The van der Waals surface area contributed by atoms with Crippen molar-refractivity contribution >= 4 is 21.7 Å². The van der Waals surface area contributed by atoms with Gasteiger partial charge in [-0.3, -0.25) is 4.72 Å². The molecule has 0 saturated heterocycles. The van der Waals surface area contributed by atoms with Gasteiger partial charge in [0.25, 0.3) is 10.0 Å². The highest BCUT2D eigenvalue weighted by Gasteiger charge is 2.17. The zero-order valence-corrected chi connectivity index (χ0v) is 15.9. The van der Waals surface area contributed by atoms with Gasteiger partial charge in [0, 0.05) is 26.0 Å². The zero-order chi connectivity index (χ0) is 19.6. The van der Waals surface area contributed by atoms with Gasteiger partial charge in [0.1, 0.15) is 16.5 Å². The highest BCUT2D eigenvalue weighted by molar-refractivity contribution is 7.92. The predicted octanol–water partition coefficient (Wildman–Crippen LogP) is 2.64. The molecule has 0 atom stereocenters. The van der Waals surface area contributed by atoms with Gasteiger partial charge in [-0.05, 0) is 42.0 Å². The molecule has 2 aromatic heterocycles. The lowest BCUT2D eigenvalue weighted by atomic mass is 10.2. The van der Waals surface area contributed by atoms with Crippen molar-refractivity contribution in [3.05, 3.63) is 66.5 Å².